The Morgan fingerprint density at radius 1 is 0.931 bits per heavy atom. The highest BCUT2D eigenvalue weighted by Gasteiger charge is 2.17. The van der Waals surface area contributed by atoms with Crippen LogP contribution in [0.4, 0.5) is 15.8 Å². The van der Waals surface area contributed by atoms with E-state index >= 15 is 0 Å². The predicted molar refractivity (Wildman–Crippen MR) is 114 cm³/mol. The summed E-state index contributed by atoms with van der Waals surface area (Å²) in [5, 5.41) is 5.53. The van der Waals surface area contributed by atoms with Crippen LogP contribution in [0.1, 0.15) is 17.3 Å². The van der Waals surface area contributed by atoms with Crippen LogP contribution in [0.5, 0.6) is 5.75 Å². The van der Waals surface area contributed by atoms with Gasteiger partial charge >= 0.3 is 0 Å². The van der Waals surface area contributed by atoms with Crippen LogP contribution in [-0.2, 0) is 4.79 Å². The number of amides is 2. The number of carbonyl (C=O) groups is 2. The highest BCUT2D eigenvalue weighted by Crippen LogP contribution is 2.26. The number of carbonyl (C=O) groups excluding carboxylic acids is 2. The van der Waals surface area contributed by atoms with E-state index in [-0.39, 0.29) is 11.8 Å². The number of halogens is 2. The molecule has 0 radical (unpaired) electrons. The molecule has 0 bridgehead atoms. The predicted octanol–water partition coefficient (Wildman–Crippen LogP) is 5.25. The molecule has 29 heavy (non-hydrogen) atoms. The second kappa shape index (κ2) is 9.34. The molecule has 148 valence electrons. The first-order valence-corrected chi connectivity index (χ1v) is 9.61. The first-order valence-electron chi connectivity index (χ1n) is 8.81. The summed E-state index contributed by atoms with van der Waals surface area (Å²) in [6.45, 7) is 1.59. The van der Waals surface area contributed by atoms with Crippen molar-refractivity contribution in [3.8, 4) is 5.75 Å². The monoisotopic (exact) mass is 456 g/mol. The third-order valence-corrected chi connectivity index (χ3v) is 4.61. The van der Waals surface area contributed by atoms with Crippen LogP contribution in [0.2, 0.25) is 0 Å². The van der Waals surface area contributed by atoms with Gasteiger partial charge in [-0.25, -0.2) is 4.39 Å². The first-order chi connectivity index (χ1) is 13.9. The maximum atomic E-state index is 13.2. The average molecular weight is 457 g/mol. The van der Waals surface area contributed by atoms with Gasteiger partial charge in [0.05, 0.1) is 4.47 Å². The Morgan fingerprint density at radius 2 is 1.62 bits per heavy atom. The van der Waals surface area contributed by atoms with E-state index in [1.165, 1.54) is 18.2 Å². The van der Waals surface area contributed by atoms with Gasteiger partial charge in [0.15, 0.2) is 6.10 Å². The topological polar surface area (TPSA) is 67.4 Å². The lowest BCUT2D eigenvalue weighted by molar-refractivity contribution is -0.122. The largest absolute Gasteiger partial charge is 0.480 e. The van der Waals surface area contributed by atoms with Crippen molar-refractivity contribution in [3.63, 3.8) is 0 Å². The fraction of sp³-hybridized carbons (Fsp3) is 0.0909. The summed E-state index contributed by atoms with van der Waals surface area (Å²) in [4.78, 5) is 24.7. The summed E-state index contributed by atoms with van der Waals surface area (Å²) in [7, 11) is 0. The minimum atomic E-state index is -0.820. The first kappa shape index (κ1) is 20.5. The van der Waals surface area contributed by atoms with Crippen LogP contribution >= 0.6 is 15.9 Å². The molecule has 0 aliphatic rings. The second-order valence-corrected chi connectivity index (χ2v) is 7.08. The highest BCUT2D eigenvalue weighted by atomic mass is 79.9. The molecule has 2 N–H and O–H groups in total. The van der Waals surface area contributed by atoms with E-state index in [1.54, 1.807) is 55.5 Å². The molecular formula is C22H18BrFN2O3. The van der Waals surface area contributed by atoms with Gasteiger partial charge in [0.25, 0.3) is 11.8 Å². The number of benzene rings is 3. The van der Waals surface area contributed by atoms with Crippen molar-refractivity contribution in [1.29, 1.82) is 0 Å². The van der Waals surface area contributed by atoms with Gasteiger partial charge in [-0.05, 0) is 71.4 Å². The third-order valence-electron chi connectivity index (χ3n) is 3.99. The number of rotatable bonds is 6. The summed E-state index contributed by atoms with van der Waals surface area (Å²) in [6.07, 6.45) is -0.820. The van der Waals surface area contributed by atoms with Gasteiger partial charge in [-0.3, -0.25) is 9.59 Å². The normalized spacial score (nSPS) is 11.4. The van der Waals surface area contributed by atoms with E-state index in [2.05, 4.69) is 26.6 Å². The number of hydrogen-bond acceptors (Lipinski definition) is 3. The molecule has 0 heterocycles. The van der Waals surface area contributed by atoms with Gasteiger partial charge in [0, 0.05) is 16.9 Å². The molecule has 0 aromatic heterocycles. The zero-order valence-corrected chi connectivity index (χ0v) is 17.1. The standard InChI is InChI=1S/C22H18BrFN2O3/c1-14(29-20-11-10-16(24)12-19(20)23)21(27)25-17-8-5-9-18(13-17)26-22(28)15-6-3-2-4-7-15/h2-14H,1H3,(H,25,27)(H,26,28). The quantitative estimate of drug-likeness (QED) is 0.532. The SMILES string of the molecule is CC(Oc1ccc(F)cc1Br)C(=O)Nc1cccc(NC(=O)c2ccccc2)c1. The van der Waals surface area contributed by atoms with Gasteiger partial charge in [0.2, 0.25) is 0 Å². The summed E-state index contributed by atoms with van der Waals surface area (Å²) < 4.78 is 19.2. The fourth-order valence-electron chi connectivity index (χ4n) is 2.53. The Kier molecular flexibility index (Phi) is 6.61. The van der Waals surface area contributed by atoms with Crippen molar-refractivity contribution in [2.75, 3.05) is 10.6 Å². The Bertz CT molecular complexity index is 1030. The molecule has 2 amide bonds. The third kappa shape index (κ3) is 5.65. The lowest BCUT2D eigenvalue weighted by atomic mass is 10.2. The number of hydrogen-bond donors (Lipinski definition) is 2. The van der Waals surface area contributed by atoms with Gasteiger partial charge < -0.3 is 15.4 Å². The maximum Gasteiger partial charge on any atom is 0.265 e. The maximum absolute atomic E-state index is 13.2. The number of ether oxygens (including phenoxy) is 1. The van der Waals surface area contributed by atoms with E-state index in [0.717, 1.165) is 0 Å². The van der Waals surface area contributed by atoms with Gasteiger partial charge in [-0.1, -0.05) is 24.3 Å². The molecule has 0 saturated heterocycles. The molecule has 5 nitrogen and oxygen atoms in total. The van der Waals surface area contributed by atoms with Crippen LogP contribution in [0.25, 0.3) is 0 Å². The van der Waals surface area contributed by atoms with Crippen LogP contribution < -0.4 is 15.4 Å². The van der Waals surface area contributed by atoms with Gasteiger partial charge in [0.1, 0.15) is 11.6 Å². The zero-order valence-electron chi connectivity index (χ0n) is 15.5. The van der Waals surface area contributed by atoms with Crippen molar-refractivity contribution in [2.24, 2.45) is 0 Å². The molecule has 0 saturated carbocycles. The van der Waals surface area contributed by atoms with Crippen molar-refractivity contribution in [2.45, 2.75) is 13.0 Å². The van der Waals surface area contributed by atoms with Gasteiger partial charge in [-0.15, -0.1) is 0 Å². The molecule has 0 fully saturated rings. The number of anilines is 2. The van der Waals surface area contributed by atoms with Crippen molar-refractivity contribution >= 4 is 39.1 Å². The smallest absolute Gasteiger partial charge is 0.265 e. The number of nitrogens with one attached hydrogen (secondary N) is 2. The molecule has 1 atom stereocenters. The van der Waals surface area contributed by atoms with Crippen LogP contribution in [0.15, 0.2) is 77.3 Å². The molecule has 1 unspecified atom stereocenters. The minimum Gasteiger partial charge on any atom is -0.480 e. The van der Waals surface area contributed by atoms with Crippen molar-refractivity contribution in [1.82, 2.24) is 0 Å². The van der Waals surface area contributed by atoms with E-state index in [4.69, 9.17) is 4.74 Å². The van der Waals surface area contributed by atoms with Crippen LogP contribution in [0.3, 0.4) is 0 Å². The molecule has 7 heteroatoms. The zero-order chi connectivity index (χ0) is 20.8. The fourth-order valence-corrected chi connectivity index (χ4v) is 2.97. The molecule has 3 aromatic carbocycles. The van der Waals surface area contributed by atoms with Crippen LogP contribution in [-0.4, -0.2) is 17.9 Å². The molecular weight excluding hydrogens is 439 g/mol. The molecule has 3 rings (SSSR count). The highest BCUT2D eigenvalue weighted by molar-refractivity contribution is 9.10. The average Bonchev–Trinajstić information content (AvgIpc) is 2.71. The summed E-state index contributed by atoms with van der Waals surface area (Å²) in [5.74, 6) is -0.673. The lowest BCUT2D eigenvalue weighted by Gasteiger charge is -2.16. The molecule has 0 aliphatic heterocycles. The Morgan fingerprint density at radius 3 is 2.31 bits per heavy atom. The summed E-state index contributed by atoms with van der Waals surface area (Å²) in [6, 6.07) is 19.6. The Labute approximate surface area is 176 Å². The molecule has 3 aromatic rings. The van der Waals surface area contributed by atoms with E-state index in [0.29, 0.717) is 27.2 Å². The van der Waals surface area contributed by atoms with E-state index < -0.39 is 11.9 Å². The van der Waals surface area contributed by atoms with E-state index in [1.807, 2.05) is 6.07 Å². The lowest BCUT2D eigenvalue weighted by Crippen LogP contribution is -2.30. The van der Waals surface area contributed by atoms with Gasteiger partial charge in [-0.2, -0.15) is 0 Å². The second-order valence-electron chi connectivity index (χ2n) is 6.23. The molecule has 0 spiro atoms. The van der Waals surface area contributed by atoms with Crippen molar-refractivity contribution in [3.05, 3.63) is 88.6 Å². The summed E-state index contributed by atoms with van der Waals surface area (Å²) in [5.41, 5.74) is 1.59. The summed E-state index contributed by atoms with van der Waals surface area (Å²) >= 11 is 3.21. The Hall–Kier alpha value is -3.19. The Balaban J connectivity index is 1.63. The minimum absolute atomic E-state index is 0.244. The molecule has 0 aliphatic carbocycles. The van der Waals surface area contributed by atoms with Crippen LogP contribution in [0, 0.1) is 5.82 Å². The van der Waals surface area contributed by atoms with Crippen molar-refractivity contribution < 1.29 is 18.7 Å². The van der Waals surface area contributed by atoms with E-state index in [9.17, 15) is 14.0 Å².